The number of likely N-dealkylation sites (tertiary alicyclic amines) is 1. The van der Waals surface area contributed by atoms with Gasteiger partial charge in [-0.3, -0.25) is 9.59 Å². The summed E-state index contributed by atoms with van der Waals surface area (Å²) in [5.74, 6) is -2.81. The first-order valence-corrected chi connectivity index (χ1v) is 6.61. The van der Waals surface area contributed by atoms with Gasteiger partial charge in [-0.15, -0.1) is 0 Å². The monoisotopic (exact) mass is 274 g/mol. The highest BCUT2D eigenvalue weighted by atomic mass is 19.1. The van der Waals surface area contributed by atoms with Crippen LogP contribution in [0.2, 0.25) is 0 Å². The van der Waals surface area contributed by atoms with Gasteiger partial charge in [-0.2, -0.15) is 5.26 Å². The van der Waals surface area contributed by atoms with Crippen LogP contribution in [-0.4, -0.2) is 29.7 Å². The first-order valence-electron chi connectivity index (χ1n) is 6.61. The van der Waals surface area contributed by atoms with Gasteiger partial charge in [0.15, 0.2) is 11.7 Å². The molecule has 1 saturated heterocycles. The lowest BCUT2D eigenvalue weighted by Gasteiger charge is -2.28. The highest BCUT2D eigenvalue weighted by Crippen LogP contribution is 2.16. The fraction of sp³-hybridized carbons (Fsp3) is 0.400. The van der Waals surface area contributed by atoms with Gasteiger partial charge in [0.2, 0.25) is 5.91 Å². The zero-order chi connectivity index (χ0) is 14.5. The van der Waals surface area contributed by atoms with E-state index in [0.29, 0.717) is 13.1 Å². The fourth-order valence-corrected chi connectivity index (χ4v) is 2.30. The van der Waals surface area contributed by atoms with Gasteiger partial charge in [0.25, 0.3) is 0 Å². The third kappa shape index (κ3) is 3.02. The number of amides is 1. The summed E-state index contributed by atoms with van der Waals surface area (Å²) in [4.78, 5) is 26.0. The number of carbonyl (C=O) groups excluding carboxylic acids is 2. The van der Waals surface area contributed by atoms with Crippen molar-refractivity contribution in [2.75, 3.05) is 13.1 Å². The molecular weight excluding hydrogens is 259 g/mol. The molecule has 0 spiro atoms. The van der Waals surface area contributed by atoms with Crippen molar-refractivity contribution >= 4 is 11.7 Å². The van der Waals surface area contributed by atoms with Crippen molar-refractivity contribution in [1.82, 2.24) is 4.90 Å². The van der Waals surface area contributed by atoms with Crippen LogP contribution in [0, 0.1) is 23.1 Å². The van der Waals surface area contributed by atoms with E-state index in [1.165, 1.54) is 12.1 Å². The summed E-state index contributed by atoms with van der Waals surface area (Å²) in [6, 6.07) is 6.66. The number of halogens is 1. The number of Topliss-reactive ketones (excluding diaryl/α,β-unsaturated/α-hetero) is 1. The molecule has 0 radical (unpaired) electrons. The van der Waals surface area contributed by atoms with Crippen LogP contribution >= 0.6 is 0 Å². The topological polar surface area (TPSA) is 61.2 Å². The van der Waals surface area contributed by atoms with Crippen LogP contribution in [0.1, 0.15) is 29.6 Å². The van der Waals surface area contributed by atoms with Crippen LogP contribution in [-0.2, 0) is 4.79 Å². The van der Waals surface area contributed by atoms with E-state index in [-0.39, 0.29) is 5.56 Å². The number of nitrogens with zero attached hydrogens (tertiary/aromatic N) is 2. The SMILES string of the molecule is N#CC(C(=O)c1ccc(F)cc1)C(=O)N1CCCCC1. The summed E-state index contributed by atoms with van der Waals surface area (Å²) in [7, 11) is 0. The normalized spacial score (nSPS) is 16.3. The molecule has 1 aliphatic rings. The third-order valence-electron chi connectivity index (χ3n) is 3.43. The minimum absolute atomic E-state index is 0.184. The molecular formula is C15H15FN2O2. The molecule has 1 atom stereocenters. The maximum Gasteiger partial charge on any atom is 0.247 e. The van der Waals surface area contributed by atoms with Crippen molar-refractivity contribution in [2.24, 2.45) is 5.92 Å². The molecule has 1 amide bonds. The van der Waals surface area contributed by atoms with Gasteiger partial charge >= 0.3 is 0 Å². The molecule has 0 aromatic heterocycles. The minimum Gasteiger partial charge on any atom is -0.341 e. The van der Waals surface area contributed by atoms with Crippen LogP contribution in [0.4, 0.5) is 4.39 Å². The van der Waals surface area contributed by atoms with Crippen molar-refractivity contribution in [3.63, 3.8) is 0 Å². The molecule has 0 N–H and O–H groups in total. The summed E-state index contributed by atoms with van der Waals surface area (Å²) in [6.07, 6.45) is 2.86. The zero-order valence-electron chi connectivity index (χ0n) is 11.0. The van der Waals surface area contributed by atoms with Crippen LogP contribution in [0.15, 0.2) is 24.3 Å². The van der Waals surface area contributed by atoms with E-state index in [4.69, 9.17) is 5.26 Å². The lowest BCUT2D eigenvalue weighted by Crippen LogP contribution is -2.41. The second-order valence-electron chi connectivity index (χ2n) is 4.82. The third-order valence-corrected chi connectivity index (χ3v) is 3.43. The smallest absolute Gasteiger partial charge is 0.247 e. The number of piperidine rings is 1. The molecule has 0 aliphatic carbocycles. The van der Waals surface area contributed by atoms with E-state index in [9.17, 15) is 14.0 Å². The molecule has 1 aromatic rings. The van der Waals surface area contributed by atoms with Crippen molar-refractivity contribution in [1.29, 1.82) is 5.26 Å². The Bertz CT molecular complexity index is 542. The van der Waals surface area contributed by atoms with Gasteiger partial charge in [0.1, 0.15) is 5.82 Å². The van der Waals surface area contributed by atoms with Crippen LogP contribution < -0.4 is 0 Å². The Hall–Kier alpha value is -2.22. The number of ketones is 1. The number of benzene rings is 1. The average Bonchev–Trinajstić information content (AvgIpc) is 2.49. The molecule has 1 aromatic carbocycles. The van der Waals surface area contributed by atoms with E-state index in [0.717, 1.165) is 31.4 Å². The lowest BCUT2D eigenvalue weighted by atomic mass is 9.96. The van der Waals surface area contributed by atoms with Crippen LogP contribution in [0.5, 0.6) is 0 Å². The molecule has 4 nitrogen and oxygen atoms in total. The van der Waals surface area contributed by atoms with Crippen molar-refractivity contribution in [3.8, 4) is 6.07 Å². The molecule has 1 fully saturated rings. The fourth-order valence-electron chi connectivity index (χ4n) is 2.30. The summed E-state index contributed by atoms with van der Waals surface area (Å²) >= 11 is 0. The maximum atomic E-state index is 12.8. The predicted octanol–water partition coefficient (Wildman–Crippen LogP) is 2.16. The molecule has 5 heteroatoms. The van der Waals surface area contributed by atoms with E-state index in [2.05, 4.69) is 0 Å². The van der Waals surface area contributed by atoms with Gasteiger partial charge < -0.3 is 4.90 Å². The Morgan fingerprint density at radius 3 is 2.30 bits per heavy atom. The Balaban J connectivity index is 2.15. The van der Waals surface area contributed by atoms with Crippen molar-refractivity contribution in [3.05, 3.63) is 35.6 Å². The molecule has 0 bridgehead atoms. The summed E-state index contributed by atoms with van der Waals surface area (Å²) in [6.45, 7) is 1.18. The number of nitriles is 1. The van der Waals surface area contributed by atoms with E-state index in [1.54, 1.807) is 11.0 Å². The lowest BCUT2D eigenvalue weighted by molar-refractivity contribution is -0.133. The zero-order valence-corrected chi connectivity index (χ0v) is 11.0. The average molecular weight is 274 g/mol. The molecule has 2 rings (SSSR count). The number of rotatable bonds is 3. The second kappa shape index (κ2) is 6.29. The minimum atomic E-state index is -1.33. The molecule has 104 valence electrons. The van der Waals surface area contributed by atoms with Crippen molar-refractivity contribution < 1.29 is 14.0 Å². The maximum absolute atomic E-state index is 12.8. The highest BCUT2D eigenvalue weighted by Gasteiger charge is 2.31. The van der Waals surface area contributed by atoms with Gasteiger partial charge in [0.05, 0.1) is 6.07 Å². The highest BCUT2D eigenvalue weighted by molar-refractivity contribution is 6.12. The molecule has 1 aliphatic heterocycles. The van der Waals surface area contributed by atoms with Crippen molar-refractivity contribution in [2.45, 2.75) is 19.3 Å². The Labute approximate surface area is 116 Å². The Morgan fingerprint density at radius 2 is 1.75 bits per heavy atom. The molecule has 1 unspecified atom stereocenters. The molecule has 0 saturated carbocycles. The summed E-state index contributed by atoms with van der Waals surface area (Å²) < 4.78 is 12.8. The summed E-state index contributed by atoms with van der Waals surface area (Å²) in [5, 5.41) is 9.12. The largest absolute Gasteiger partial charge is 0.341 e. The standard InChI is InChI=1S/C15H15FN2O2/c16-12-6-4-11(5-7-12)14(19)13(10-17)15(20)18-8-2-1-3-9-18/h4-7,13H,1-3,8-9H2. The van der Waals surface area contributed by atoms with Gasteiger partial charge in [0, 0.05) is 18.7 Å². The van der Waals surface area contributed by atoms with Gasteiger partial charge in [-0.1, -0.05) is 0 Å². The molecule has 20 heavy (non-hydrogen) atoms. The Morgan fingerprint density at radius 1 is 1.15 bits per heavy atom. The number of hydrogen-bond donors (Lipinski definition) is 0. The van der Waals surface area contributed by atoms with E-state index < -0.39 is 23.4 Å². The summed E-state index contributed by atoms with van der Waals surface area (Å²) in [5.41, 5.74) is 0.184. The first kappa shape index (κ1) is 14.2. The Kier molecular flexibility index (Phi) is 4.46. The van der Waals surface area contributed by atoms with Crippen LogP contribution in [0.3, 0.4) is 0 Å². The predicted molar refractivity (Wildman–Crippen MR) is 70.3 cm³/mol. The second-order valence-corrected chi connectivity index (χ2v) is 4.82. The van der Waals surface area contributed by atoms with Gasteiger partial charge in [-0.05, 0) is 43.5 Å². The van der Waals surface area contributed by atoms with Gasteiger partial charge in [-0.25, -0.2) is 4.39 Å². The number of carbonyl (C=O) groups is 2. The van der Waals surface area contributed by atoms with E-state index in [1.807, 2.05) is 0 Å². The molecule has 1 heterocycles. The quantitative estimate of drug-likeness (QED) is 0.627. The van der Waals surface area contributed by atoms with E-state index >= 15 is 0 Å². The van der Waals surface area contributed by atoms with Crippen LogP contribution in [0.25, 0.3) is 0 Å². The number of hydrogen-bond acceptors (Lipinski definition) is 3. The first-order chi connectivity index (χ1) is 9.63.